The maximum Gasteiger partial charge on any atom is 0.336 e. The number of benzene rings is 1. The molecule has 1 aromatic heterocycles. The largest absolute Gasteiger partial charge is 0.466 e. The van der Waals surface area contributed by atoms with E-state index >= 15 is 0 Å². The van der Waals surface area contributed by atoms with Gasteiger partial charge in [-0.15, -0.1) is 0 Å². The van der Waals surface area contributed by atoms with Gasteiger partial charge in [-0.05, 0) is 26.0 Å². The fourth-order valence-corrected chi connectivity index (χ4v) is 3.38. The predicted molar refractivity (Wildman–Crippen MR) is 99.2 cm³/mol. The normalized spacial score (nSPS) is 16.6. The van der Waals surface area contributed by atoms with Gasteiger partial charge in [0.2, 0.25) is 0 Å². The standard InChI is InChI=1S/C20H18N2O6/c1-12-11-15(14-7-4-5-8-16(14)22(25)26)18(20(24)27-3)13(2)21(12)19(23)17-9-6-10-28-17/h4-11,15H,1-3H3. The van der Waals surface area contributed by atoms with Crippen LogP contribution in [-0.4, -0.2) is 28.8 Å². The van der Waals surface area contributed by atoms with Crippen LogP contribution in [0.25, 0.3) is 0 Å². The summed E-state index contributed by atoms with van der Waals surface area (Å²) in [5, 5.41) is 11.5. The van der Waals surface area contributed by atoms with Crippen LogP contribution in [0.4, 0.5) is 5.69 Å². The molecule has 2 heterocycles. The Bertz CT molecular complexity index is 1000. The smallest absolute Gasteiger partial charge is 0.336 e. The van der Waals surface area contributed by atoms with Crippen molar-refractivity contribution in [2.45, 2.75) is 19.8 Å². The lowest BCUT2D eigenvalue weighted by atomic mass is 9.85. The van der Waals surface area contributed by atoms with Gasteiger partial charge in [0.1, 0.15) is 0 Å². The minimum absolute atomic E-state index is 0.112. The highest BCUT2D eigenvalue weighted by Gasteiger charge is 2.37. The van der Waals surface area contributed by atoms with Crippen molar-refractivity contribution in [3.05, 3.63) is 87.1 Å². The van der Waals surface area contributed by atoms with Crippen molar-refractivity contribution in [3.8, 4) is 0 Å². The minimum Gasteiger partial charge on any atom is -0.466 e. The Balaban J connectivity index is 2.17. The average molecular weight is 382 g/mol. The van der Waals surface area contributed by atoms with E-state index in [1.165, 1.54) is 30.4 Å². The molecule has 0 radical (unpaired) electrons. The zero-order chi connectivity index (χ0) is 20.4. The highest BCUT2D eigenvalue weighted by atomic mass is 16.6. The summed E-state index contributed by atoms with van der Waals surface area (Å²) in [7, 11) is 1.23. The third-order valence-corrected chi connectivity index (χ3v) is 4.61. The van der Waals surface area contributed by atoms with Gasteiger partial charge in [-0.25, -0.2) is 4.79 Å². The van der Waals surface area contributed by atoms with E-state index in [1.54, 1.807) is 44.2 Å². The Morgan fingerprint density at radius 1 is 1.18 bits per heavy atom. The number of nitrogens with zero attached hydrogens (tertiary/aromatic N) is 2. The molecule has 0 fully saturated rings. The Labute approximate surface area is 160 Å². The molecule has 0 saturated heterocycles. The van der Waals surface area contributed by atoms with Gasteiger partial charge in [-0.2, -0.15) is 0 Å². The average Bonchev–Trinajstić information content (AvgIpc) is 3.21. The number of methoxy groups -OCH3 is 1. The third-order valence-electron chi connectivity index (χ3n) is 4.61. The molecular formula is C20H18N2O6. The van der Waals surface area contributed by atoms with Crippen molar-refractivity contribution in [2.24, 2.45) is 0 Å². The Morgan fingerprint density at radius 3 is 2.50 bits per heavy atom. The lowest BCUT2D eigenvalue weighted by Crippen LogP contribution is -2.34. The second-order valence-corrected chi connectivity index (χ2v) is 6.21. The monoisotopic (exact) mass is 382 g/mol. The van der Waals surface area contributed by atoms with Gasteiger partial charge in [0.15, 0.2) is 5.76 Å². The van der Waals surface area contributed by atoms with Crippen molar-refractivity contribution < 1.29 is 23.7 Å². The van der Waals surface area contributed by atoms with Crippen molar-refractivity contribution in [3.63, 3.8) is 0 Å². The minimum atomic E-state index is -0.727. The van der Waals surface area contributed by atoms with Crippen molar-refractivity contribution in [1.82, 2.24) is 4.90 Å². The van der Waals surface area contributed by atoms with Gasteiger partial charge >= 0.3 is 5.97 Å². The first kappa shape index (κ1) is 19.1. The van der Waals surface area contributed by atoms with Crippen LogP contribution in [-0.2, 0) is 9.53 Å². The Morgan fingerprint density at radius 2 is 1.89 bits per heavy atom. The van der Waals surface area contributed by atoms with Crippen LogP contribution < -0.4 is 0 Å². The summed E-state index contributed by atoms with van der Waals surface area (Å²) in [5.41, 5.74) is 1.24. The summed E-state index contributed by atoms with van der Waals surface area (Å²) in [6.45, 7) is 3.30. The number of para-hydroxylation sites is 1. The number of hydrogen-bond acceptors (Lipinski definition) is 6. The van der Waals surface area contributed by atoms with Gasteiger partial charge in [-0.3, -0.25) is 19.8 Å². The quantitative estimate of drug-likeness (QED) is 0.453. The van der Waals surface area contributed by atoms with E-state index in [9.17, 15) is 19.7 Å². The third kappa shape index (κ3) is 3.20. The van der Waals surface area contributed by atoms with Gasteiger partial charge < -0.3 is 9.15 Å². The fourth-order valence-electron chi connectivity index (χ4n) is 3.38. The highest BCUT2D eigenvalue weighted by Crippen LogP contribution is 2.40. The molecule has 0 saturated carbocycles. The van der Waals surface area contributed by atoms with Gasteiger partial charge in [0, 0.05) is 28.9 Å². The fraction of sp³-hybridized carbons (Fsp3) is 0.200. The number of rotatable bonds is 4. The number of amides is 1. The number of hydrogen-bond donors (Lipinski definition) is 0. The van der Waals surface area contributed by atoms with Crippen LogP contribution in [0.1, 0.15) is 35.9 Å². The summed E-state index contributed by atoms with van der Waals surface area (Å²) in [6, 6.07) is 9.30. The number of carbonyl (C=O) groups is 2. The van der Waals surface area contributed by atoms with Gasteiger partial charge in [0.05, 0.1) is 23.9 Å². The summed E-state index contributed by atoms with van der Waals surface area (Å²) in [4.78, 5) is 37.7. The van der Waals surface area contributed by atoms with Crippen LogP contribution in [0, 0.1) is 10.1 Å². The Hall–Kier alpha value is -3.68. The molecule has 1 atom stereocenters. The number of nitro groups is 1. The first-order valence-corrected chi connectivity index (χ1v) is 8.45. The van der Waals surface area contributed by atoms with Crippen LogP contribution >= 0.6 is 0 Å². The molecule has 1 aromatic carbocycles. The molecule has 0 aliphatic carbocycles. The maximum atomic E-state index is 12.9. The number of carbonyl (C=O) groups excluding carboxylic acids is 2. The first-order chi connectivity index (χ1) is 13.4. The predicted octanol–water partition coefficient (Wildman–Crippen LogP) is 3.78. The van der Waals surface area contributed by atoms with Crippen LogP contribution in [0.3, 0.4) is 0 Å². The number of furan rings is 1. The van der Waals surface area contributed by atoms with E-state index in [0.717, 1.165) is 0 Å². The number of esters is 1. The van der Waals surface area contributed by atoms with E-state index in [1.807, 2.05) is 0 Å². The molecule has 1 amide bonds. The van der Waals surface area contributed by atoms with Crippen LogP contribution in [0.2, 0.25) is 0 Å². The number of ether oxygens (including phenoxy) is 1. The van der Waals surface area contributed by atoms with E-state index in [2.05, 4.69) is 0 Å². The molecule has 8 heteroatoms. The summed E-state index contributed by atoms with van der Waals surface area (Å²) < 4.78 is 10.1. The Kier molecular flexibility index (Phi) is 5.12. The molecule has 1 aliphatic heterocycles. The lowest BCUT2D eigenvalue weighted by Gasteiger charge is -2.32. The zero-order valence-corrected chi connectivity index (χ0v) is 15.5. The molecule has 0 bridgehead atoms. The molecule has 2 aromatic rings. The number of allylic oxidation sites excluding steroid dienone is 3. The molecule has 28 heavy (non-hydrogen) atoms. The van der Waals surface area contributed by atoms with E-state index in [4.69, 9.17) is 9.15 Å². The van der Waals surface area contributed by atoms with Crippen molar-refractivity contribution >= 4 is 17.6 Å². The van der Waals surface area contributed by atoms with Gasteiger partial charge in [-0.1, -0.05) is 24.3 Å². The van der Waals surface area contributed by atoms with E-state index in [-0.39, 0.29) is 17.0 Å². The summed E-state index contributed by atoms with van der Waals surface area (Å²) in [6.07, 6.45) is 3.02. The molecule has 0 N–H and O–H groups in total. The second kappa shape index (κ2) is 7.51. The van der Waals surface area contributed by atoms with E-state index in [0.29, 0.717) is 17.0 Å². The molecule has 3 rings (SSSR count). The zero-order valence-electron chi connectivity index (χ0n) is 15.5. The topological polar surface area (TPSA) is 103 Å². The van der Waals surface area contributed by atoms with E-state index < -0.39 is 22.7 Å². The summed E-state index contributed by atoms with van der Waals surface area (Å²) >= 11 is 0. The summed E-state index contributed by atoms with van der Waals surface area (Å²) in [5.74, 6) is -1.73. The van der Waals surface area contributed by atoms with Crippen molar-refractivity contribution in [2.75, 3.05) is 7.11 Å². The van der Waals surface area contributed by atoms with Crippen molar-refractivity contribution in [1.29, 1.82) is 0 Å². The molecule has 1 aliphatic rings. The van der Waals surface area contributed by atoms with Gasteiger partial charge in [0.25, 0.3) is 11.6 Å². The molecule has 8 nitrogen and oxygen atoms in total. The SMILES string of the molecule is COC(=O)C1=C(C)N(C(=O)c2ccco2)C(C)=CC1c1ccccc1[N+](=O)[O-]. The molecule has 0 spiro atoms. The van der Waals surface area contributed by atoms with Crippen LogP contribution in [0.15, 0.2) is 70.1 Å². The van der Waals surface area contributed by atoms with Crippen LogP contribution in [0.5, 0.6) is 0 Å². The first-order valence-electron chi connectivity index (χ1n) is 8.45. The molecule has 1 unspecified atom stereocenters. The maximum absolute atomic E-state index is 12.9. The lowest BCUT2D eigenvalue weighted by molar-refractivity contribution is -0.385. The second-order valence-electron chi connectivity index (χ2n) is 6.21. The molecular weight excluding hydrogens is 364 g/mol. The number of nitro benzene ring substituents is 1. The highest BCUT2D eigenvalue weighted by molar-refractivity contribution is 5.98. The molecule has 144 valence electrons.